The Labute approximate surface area is 173 Å². The van der Waals surface area contributed by atoms with Crippen LogP contribution in [0.3, 0.4) is 0 Å². The second-order valence-electron chi connectivity index (χ2n) is 7.12. The molecule has 0 atom stereocenters. The van der Waals surface area contributed by atoms with Crippen molar-refractivity contribution in [2.24, 2.45) is 0 Å². The molecule has 1 fully saturated rings. The van der Waals surface area contributed by atoms with Crippen molar-refractivity contribution in [3.63, 3.8) is 0 Å². The lowest BCUT2D eigenvalue weighted by atomic mass is 10.1. The van der Waals surface area contributed by atoms with Gasteiger partial charge in [-0.3, -0.25) is 9.59 Å². The van der Waals surface area contributed by atoms with Crippen molar-refractivity contribution < 1.29 is 14.0 Å². The molecule has 0 radical (unpaired) electrons. The molecule has 2 amide bonds. The number of carbonyl (C=O) groups is 2. The van der Waals surface area contributed by atoms with E-state index in [1.165, 1.54) is 11.3 Å². The molecule has 0 aliphatic carbocycles. The number of rotatable bonds is 5. The van der Waals surface area contributed by atoms with Crippen molar-refractivity contribution in [1.29, 1.82) is 0 Å². The van der Waals surface area contributed by atoms with Crippen molar-refractivity contribution in [2.75, 3.05) is 18.4 Å². The zero-order chi connectivity index (χ0) is 20.2. The number of piperidine rings is 1. The van der Waals surface area contributed by atoms with E-state index in [0.717, 1.165) is 37.2 Å². The molecule has 1 aromatic carbocycles. The van der Waals surface area contributed by atoms with E-state index in [9.17, 15) is 9.59 Å². The summed E-state index contributed by atoms with van der Waals surface area (Å²) in [6, 6.07) is 11.0. The number of para-hydroxylation sites is 1. The maximum absolute atomic E-state index is 12.9. The summed E-state index contributed by atoms with van der Waals surface area (Å²) < 4.78 is 5.71. The van der Waals surface area contributed by atoms with Crippen LogP contribution in [0.1, 0.15) is 41.1 Å². The third-order valence-electron chi connectivity index (χ3n) is 5.03. The summed E-state index contributed by atoms with van der Waals surface area (Å²) in [6.45, 7) is 3.34. The Balaban J connectivity index is 1.47. The largest absolute Gasteiger partial charge is 0.440 e. The zero-order valence-electron chi connectivity index (χ0n) is 16.3. The Bertz CT molecular complexity index is 1000. The normalized spacial score (nSPS) is 14.0. The lowest BCUT2D eigenvalue weighted by molar-refractivity contribution is -0.115. The quantitative estimate of drug-likeness (QED) is 0.672. The first-order chi connectivity index (χ1) is 14.1. The number of amides is 2. The maximum atomic E-state index is 12.9. The molecule has 3 aromatic rings. The first-order valence-electron chi connectivity index (χ1n) is 9.80. The van der Waals surface area contributed by atoms with Gasteiger partial charge in [-0.1, -0.05) is 18.2 Å². The highest BCUT2D eigenvalue weighted by atomic mass is 32.1. The molecule has 2 aromatic heterocycles. The van der Waals surface area contributed by atoms with Gasteiger partial charge in [-0.25, -0.2) is 4.98 Å². The SMILES string of the molecule is Cc1oc(-c2cccs2)nc1CC(=O)Nc1ccccc1C(=O)N1CCCCC1. The van der Waals surface area contributed by atoms with Crippen molar-refractivity contribution in [2.45, 2.75) is 32.6 Å². The van der Waals surface area contributed by atoms with Gasteiger partial charge in [0, 0.05) is 13.1 Å². The van der Waals surface area contributed by atoms with E-state index in [2.05, 4.69) is 10.3 Å². The second-order valence-corrected chi connectivity index (χ2v) is 8.07. The average Bonchev–Trinajstić information content (AvgIpc) is 3.39. The van der Waals surface area contributed by atoms with Crippen LogP contribution < -0.4 is 5.32 Å². The number of nitrogens with zero attached hydrogens (tertiary/aromatic N) is 2. The van der Waals surface area contributed by atoms with Crippen LogP contribution >= 0.6 is 11.3 Å². The van der Waals surface area contributed by atoms with E-state index in [0.29, 0.717) is 28.6 Å². The summed E-state index contributed by atoms with van der Waals surface area (Å²) in [5.41, 5.74) is 1.66. The molecule has 4 rings (SSSR count). The first-order valence-corrected chi connectivity index (χ1v) is 10.7. The van der Waals surface area contributed by atoms with Crippen LogP contribution in [0.15, 0.2) is 46.2 Å². The second kappa shape index (κ2) is 8.61. The Morgan fingerprint density at radius 3 is 2.69 bits per heavy atom. The molecule has 3 heterocycles. The van der Waals surface area contributed by atoms with E-state index >= 15 is 0 Å². The van der Waals surface area contributed by atoms with Crippen LogP contribution in [0.4, 0.5) is 5.69 Å². The van der Waals surface area contributed by atoms with E-state index < -0.39 is 0 Å². The summed E-state index contributed by atoms with van der Waals surface area (Å²) >= 11 is 1.54. The Morgan fingerprint density at radius 1 is 1.14 bits per heavy atom. The molecule has 0 bridgehead atoms. The topological polar surface area (TPSA) is 75.4 Å². The van der Waals surface area contributed by atoms with Crippen molar-refractivity contribution in [3.05, 3.63) is 58.8 Å². The highest BCUT2D eigenvalue weighted by Gasteiger charge is 2.22. The number of aromatic nitrogens is 1. The number of hydrogen-bond acceptors (Lipinski definition) is 5. The smallest absolute Gasteiger partial charge is 0.255 e. The monoisotopic (exact) mass is 409 g/mol. The fraction of sp³-hybridized carbons (Fsp3) is 0.318. The number of anilines is 1. The summed E-state index contributed by atoms with van der Waals surface area (Å²) in [5, 5.41) is 4.84. The van der Waals surface area contributed by atoms with Crippen LogP contribution in [0, 0.1) is 6.92 Å². The average molecular weight is 410 g/mol. The van der Waals surface area contributed by atoms with Gasteiger partial charge in [0.05, 0.1) is 28.2 Å². The molecule has 0 unspecified atom stereocenters. The van der Waals surface area contributed by atoms with Crippen LogP contribution in [-0.2, 0) is 11.2 Å². The Kier molecular flexibility index (Phi) is 5.76. The van der Waals surface area contributed by atoms with Crippen molar-refractivity contribution in [1.82, 2.24) is 9.88 Å². The minimum absolute atomic E-state index is 0.0294. The van der Waals surface area contributed by atoms with Crippen LogP contribution in [0.5, 0.6) is 0 Å². The fourth-order valence-electron chi connectivity index (χ4n) is 3.49. The molecule has 29 heavy (non-hydrogen) atoms. The first kappa shape index (κ1) is 19.4. The van der Waals surface area contributed by atoms with Gasteiger partial charge in [-0.05, 0) is 49.8 Å². The minimum Gasteiger partial charge on any atom is -0.440 e. The highest BCUT2D eigenvalue weighted by molar-refractivity contribution is 7.13. The van der Waals surface area contributed by atoms with Gasteiger partial charge in [0.15, 0.2) is 0 Å². The maximum Gasteiger partial charge on any atom is 0.255 e. The Hall–Kier alpha value is -2.93. The van der Waals surface area contributed by atoms with E-state index in [-0.39, 0.29) is 18.2 Å². The molecule has 0 saturated carbocycles. The molecule has 150 valence electrons. The molecule has 1 aliphatic rings. The standard InChI is InChI=1S/C22H23N3O3S/c1-15-18(24-21(28-15)19-10-7-13-29-19)14-20(26)23-17-9-4-3-8-16(17)22(27)25-11-5-2-6-12-25/h3-4,7-10,13H,2,5-6,11-12,14H2,1H3,(H,23,26). The summed E-state index contributed by atoms with van der Waals surface area (Å²) in [4.78, 5) is 32.8. The number of likely N-dealkylation sites (tertiary alicyclic amines) is 1. The van der Waals surface area contributed by atoms with Gasteiger partial charge >= 0.3 is 0 Å². The summed E-state index contributed by atoms with van der Waals surface area (Å²) in [7, 11) is 0. The van der Waals surface area contributed by atoms with Gasteiger partial charge in [0.2, 0.25) is 11.8 Å². The summed E-state index contributed by atoms with van der Waals surface area (Å²) in [5.74, 6) is 0.901. The fourth-order valence-corrected chi connectivity index (χ4v) is 4.14. The van der Waals surface area contributed by atoms with Gasteiger partial charge in [0.1, 0.15) is 5.76 Å². The van der Waals surface area contributed by atoms with E-state index in [1.807, 2.05) is 34.5 Å². The zero-order valence-corrected chi connectivity index (χ0v) is 17.1. The van der Waals surface area contributed by atoms with Gasteiger partial charge < -0.3 is 14.6 Å². The van der Waals surface area contributed by atoms with Gasteiger partial charge in [-0.15, -0.1) is 11.3 Å². The predicted octanol–water partition coefficient (Wildman–Crippen LogP) is 4.52. The number of aryl methyl sites for hydroxylation is 1. The molecule has 0 spiro atoms. The minimum atomic E-state index is -0.224. The van der Waals surface area contributed by atoms with Gasteiger partial charge in [0.25, 0.3) is 5.91 Å². The predicted molar refractivity (Wildman–Crippen MR) is 113 cm³/mol. The van der Waals surface area contributed by atoms with Crippen LogP contribution in [0.2, 0.25) is 0 Å². The Morgan fingerprint density at radius 2 is 1.93 bits per heavy atom. The molecule has 6 nitrogen and oxygen atoms in total. The van der Waals surface area contributed by atoms with Crippen LogP contribution in [0.25, 0.3) is 10.8 Å². The third kappa shape index (κ3) is 4.40. The third-order valence-corrected chi connectivity index (χ3v) is 5.89. The molecule has 7 heteroatoms. The number of carbonyl (C=O) groups excluding carboxylic acids is 2. The number of oxazole rings is 1. The van der Waals surface area contributed by atoms with E-state index in [4.69, 9.17) is 4.42 Å². The molecule has 1 saturated heterocycles. The number of benzene rings is 1. The van der Waals surface area contributed by atoms with E-state index in [1.54, 1.807) is 19.1 Å². The lowest BCUT2D eigenvalue weighted by Crippen LogP contribution is -2.36. The van der Waals surface area contributed by atoms with Crippen molar-refractivity contribution >= 4 is 28.8 Å². The molecular weight excluding hydrogens is 386 g/mol. The van der Waals surface area contributed by atoms with Crippen molar-refractivity contribution in [3.8, 4) is 10.8 Å². The lowest BCUT2D eigenvalue weighted by Gasteiger charge is -2.27. The number of hydrogen-bond donors (Lipinski definition) is 1. The highest BCUT2D eigenvalue weighted by Crippen LogP contribution is 2.26. The molecule has 1 aliphatic heterocycles. The van der Waals surface area contributed by atoms with Crippen LogP contribution in [-0.4, -0.2) is 34.8 Å². The summed E-state index contributed by atoms with van der Waals surface area (Å²) in [6.07, 6.45) is 3.30. The van der Waals surface area contributed by atoms with Gasteiger partial charge in [-0.2, -0.15) is 0 Å². The number of thiophene rings is 1. The molecule has 1 N–H and O–H groups in total. The molecular formula is C22H23N3O3S. The number of nitrogens with one attached hydrogen (secondary N) is 1.